The second-order valence-electron chi connectivity index (χ2n) is 4.72. The molecule has 0 aromatic heterocycles. The molecule has 0 aliphatic carbocycles. The Bertz CT molecular complexity index is 638. The molecule has 0 saturated heterocycles. The van der Waals surface area contributed by atoms with E-state index < -0.39 is 23.5 Å². The van der Waals surface area contributed by atoms with E-state index in [1.165, 1.54) is 24.3 Å². The molecule has 1 unspecified atom stereocenters. The lowest BCUT2D eigenvalue weighted by Crippen LogP contribution is -2.26. The average molecular weight is 358 g/mol. The second kappa shape index (κ2) is 6.62. The van der Waals surface area contributed by atoms with Gasteiger partial charge in [0.1, 0.15) is 17.5 Å². The fourth-order valence-electron chi connectivity index (χ4n) is 2.28. The Balaban J connectivity index is 2.68. The molecule has 21 heavy (non-hydrogen) atoms. The van der Waals surface area contributed by atoms with Crippen LogP contribution in [-0.4, -0.2) is 6.54 Å². The predicted molar refractivity (Wildman–Crippen MR) is 80.7 cm³/mol. The van der Waals surface area contributed by atoms with Gasteiger partial charge in [0.05, 0.1) is 6.04 Å². The van der Waals surface area contributed by atoms with Gasteiger partial charge in [-0.3, -0.25) is 0 Å². The highest BCUT2D eigenvalue weighted by Crippen LogP contribution is 2.34. The Morgan fingerprint density at radius 2 is 1.71 bits per heavy atom. The number of hydrogen-bond acceptors (Lipinski definition) is 1. The van der Waals surface area contributed by atoms with Crippen molar-refractivity contribution in [2.24, 2.45) is 0 Å². The third kappa shape index (κ3) is 3.14. The van der Waals surface area contributed by atoms with Crippen LogP contribution in [0.4, 0.5) is 13.2 Å². The number of benzene rings is 2. The van der Waals surface area contributed by atoms with E-state index in [4.69, 9.17) is 0 Å². The molecule has 0 heterocycles. The number of nitrogens with one attached hydrogen (secondary N) is 1. The van der Waals surface area contributed by atoms with E-state index in [1.807, 2.05) is 0 Å². The standard InChI is InChI=1S/C16H15BrF3N/c1-3-21-16(13-10(17)5-4-6-11(13)18)14-12(19)8-7-9(2)15(14)20/h4-8,16,21H,3H2,1-2H3. The van der Waals surface area contributed by atoms with Crippen LogP contribution in [0.3, 0.4) is 0 Å². The van der Waals surface area contributed by atoms with Crippen molar-refractivity contribution in [2.45, 2.75) is 19.9 Å². The van der Waals surface area contributed by atoms with Gasteiger partial charge in [-0.25, -0.2) is 13.2 Å². The van der Waals surface area contributed by atoms with Gasteiger partial charge in [0.25, 0.3) is 0 Å². The summed E-state index contributed by atoms with van der Waals surface area (Å²) in [5.74, 6) is -1.87. The van der Waals surface area contributed by atoms with Gasteiger partial charge in [0.15, 0.2) is 0 Å². The van der Waals surface area contributed by atoms with Gasteiger partial charge in [-0.2, -0.15) is 0 Å². The molecule has 2 rings (SSSR count). The van der Waals surface area contributed by atoms with Crippen molar-refractivity contribution in [1.82, 2.24) is 5.32 Å². The largest absolute Gasteiger partial charge is 0.306 e. The Hall–Kier alpha value is -1.33. The van der Waals surface area contributed by atoms with Crippen LogP contribution in [0.5, 0.6) is 0 Å². The van der Waals surface area contributed by atoms with E-state index in [-0.39, 0.29) is 11.1 Å². The van der Waals surface area contributed by atoms with Crippen molar-refractivity contribution in [1.29, 1.82) is 0 Å². The zero-order chi connectivity index (χ0) is 15.6. The lowest BCUT2D eigenvalue weighted by Gasteiger charge is -2.22. The van der Waals surface area contributed by atoms with Gasteiger partial charge < -0.3 is 5.32 Å². The first-order chi connectivity index (χ1) is 9.97. The summed E-state index contributed by atoms with van der Waals surface area (Å²) in [7, 11) is 0. The van der Waals surface area contributed by atoms with Gasteiger partial charge in [0.2, 0.25) is 0 Å². The Morgan fingerprint density at radius 3 is 2.33 bits per heavy atom. The zero-order valence-corrected chi connectivity index (χ0v) is 13.3. The fraction of sp³-hybridized carbons (Fsp3) is 0.250. The van der Waals surface area contributed by atoms with Crippen LogP contribution in [-0.2, 0) is 0 Å². The van der Waals surface area contributed by atoms with Gasteiger partial charge in [0, 0.05) is 15.6 Å². The SMILES string of the molecule is CCNC(c1c(F)cccc1Br)c1c(F)ccc(C)c1F. The van der Waals surface area contributed by atoms with Crippen molar-refractivity contribution in [3.63, 3.8) is 0 Å². The second-order valence-corrected chi connectivity index (χ2v) is 5.57. The van der Waals surface area contributed by atoms with Crippen LogP contribution >= 0.6 is 15.9 Å². The first kappa shape index (κ1) is 16.0. The fourth-order valence-corrected chi connectivity index (χ4v) is 2.85. The molecule has 1 nitrogen and oxygen atoms in total. The zero-order valence-electron chi connectivity index (χ0n) is 11.7. The summed E-state index contributed by atoms with van der Waals surface area (Å²) in [5.41, 5.74) is 0.354. The molecule has 1 N–H and O–H groups in total. The maximum atomic E-state index is 14.4. The summed E-state index contributed by atoms with van der Waals surface area (Å²) in [5, 5.41) is 2.96. The predicted octanol–water partition coefficient (Wildman–Crippen LogP) is 4.87. The first-order valence-corrected chi connectivity index (χ1v) is 7.38. The summed E-state index contributed by atoms with van der Waals surface area (Å²) >= 11 is 3.26. The number of aryl methyl sites for hydroxylation is 1. The molecule has 0 bridgehead atoms. The van der Waals surface area contributed by atoms with E-state index in [2.05, 4.69) is 21.2 Å². The van der Waals surface area contributed by atoms with Gasteiger partial charge in [-0.05, 0) is 37.2 Å². The van der Waals surface area contributed by atoms with Crippen LogP contribution < -0.4 is 5.32 Å². The molecule has 1 atom stereocenters. The minimum absolute atomic E-state index is 0.164. The van der Waals surface area contributed by atoms with Crippen LogP contribution in [0.2, 0.25) is 0 Å². The molecule has 0 saturated carbocycles. The summed E-state index contributed by atoms with van der Waals surface area (Å²) in [4.78, 5) is 0. The monoisotopic (exact) mass is 357 g/mol. The highest BCUT2D eigenvalue weighted by molar-refractivity contribution is 9.10. The summed E-state index contributed by atoms with van der Waals surface area (Å²) < 4.78 is 43.1. The van der Waals surface area contributed by atoms with Crippen molar-refractivity contribution in [3.8, 4) is 0 Å². The number of rotatable bonds is 4. The molecule has 0 spiro atoms. The van der Waals surface area contributed by atoms with Crippen molar-refractivity contribution in [3.05, 3.63) is 68.9 Å². The molecule has 5 heteroatoms. The Morgan fingerprint density at radius 1 is 1.05 bits per heavy atom. The molecule has 0 radical (unpaired) electrons. The third-order valence-corrected chi connectivity index (χ3v) is 4.00. The third-order valence-electron chi connectivity index (χ3n) is 3.30. The smallest absolute Gasteiger partial charge is 0.134 e. The summed E-state index contributed by atoms with van der Waals surface area (Å²) in [6.07, 6.45) is 0. The molecule has 2 aromatic carbocycles. The van der Waals surface area contributed by atoms with E-state index in [9.17, 15) is 13.2 Å². The van der Waals surface area contributed by atoms with Crippen LogP contribution in [0.25, 0.3) is 0 Å². The average Bonchev–Trinajstić information content (AvgIpc) is 2.43. The molecule has 0 aliphatic rings. The maximum Gasteiger partial charge on any atom is 0.134 e. The van der Waals surface area contributed by atoms with Crippen LogP contribution in [0.15, 0.2) is 34.8 Å². The highest BCUT2D eigenvalue weighted by atomic mass is 79.9. The lowest BCUT2D eigenvalue weighted by molar-refractivity contribution is 0.491. The Kier molecular flexibility index (Phi) is 5.06. The van der Waals surface area contributed by atoms with Crippen molar-refractivity contribution >= 4 is 15.9 Å². The van der Waals surface area contributed by atoms with E-state index in [0.717, 1.165) is 0 Å². The number of hydrogen-bond donors (Lipinski definition) is 1. The van der Waals surface area contributed by atoms with Crippen molar-refractivity contribution < 1.29 is 13.2 Å². The minimum atomic E-state index is -0.898. The molecule has 0 fully saturated rings. The first-order valence-electron chi connectivity index (χ1n) is 6.59. The molecule has 0 aliphatic heterocycles. The molecule has 2 aromatic rings. The van der Waals surface area contributed by atoms with Gasteiger partial charge >= 0.3 is 0 Å². The summed E-state index contributed by atoms with van der Waals surface area (Å²) in [6.45, 7) is 3.79. The number of halogens is 4. The molecular formula is C16H15BrF3N. The molecular weight excluding hydrogens is 343 g/mol. The Labute approximate surface area is 130 Å². The molecule has 112 valence electrons. The van der Waals surface area contributed by atoms with Crippen molar-refractivity contribution in [2.75, 3.05) is 6.54 Å². The van der Waals surface area contributed by atoms with Crippen LogP contribution in [0.1, 0.15) is 29.7 Å². The maximum absolute atomic E-state index is 14.4. The van der Waals surface area contributed by atoms with Crippen LogP contribution in [0, 0.1) is 24.4 Å². The van der Waals surface area contributed by atoms with E-state index >= 15 is 0 Å². The minimum Gasteiger partial charge on any atom is -0.306 e. The topological polar surface area (TPSA) is 12.0 Å². The quantitative estimate of drug-likeness (QED) is 0.822. The van der Waals surface area contributed by atoms with E-state index in [0.29, 0.717) is 16.6 Å². The van der Waals surface area contributed by atoms with E-state index in [1.54, 1.807) is 19.9 Å². The highest BCUT2D eigenvalue weighted by Gasteiger charge is 2.26. The lowest BCUT2D eigenvalue weighted by atomic mass is 9.95. The summed E-state index contributed by atoms with van der Waals surface area (Å²) in [6, 6.07) is 6.13. The van der Waals surface area contributed by atoms with Gasteiger partial charge in [-0.1, -0.05) is 35.0 Å². The van der Waals surface area contributed by atoms with Gasteiger partial charge in [-0.15, -0.1) is 0 Å². The molecule has 0 amide bonds. The normalized spacial score (nSPS) is 12.5.